The molecule has 2 aromatic carbocycles. The van der Waals surface area contributed by atoms with Gasteiger partial charge in [0.15, 0.2) is 0 Å². The second-order valence-electron chi connectivity index (χ2n) is 4.07. The van der Waals surface area contributed by atoms with E-state index < -0.39 is 0 Å². The van der Waals surface area contributed by atoms with Crippen molar-refractivity contribution in [1.82, 2.24) is 0 Å². The summed E-state index contributed by atoms with van der Waals surface area (Å²) < 4.78 is 0. The highest BCUT2D eigenvalue weighted by Crippen LogP contribution is 2.25. The van der Waals surface area contributed by atoms with Gasteiger partial charge in [0.05, 0.1) is 0 Å². The fourth-order valence-corrected chi connectivity index (χ4v) is 2.02. The molecule has 0 aliphatic carbocycles. The molecule has 0 saturated heterocycles. The van der Waals surface area contributed by atoms with E-state index in [1.807, 2.05) is 12.1 Å². The van der Waals surface area contributed by atoms with Crippen LogP contribution < -0.4 is 0 Å². The molecule has 0 N–H and O–H groups in total. The monoisotopic (exact) mass is 230 g/mol. The normalized spacial score (nSPS) is 10.4. The molecule has 16 heavy (non-hydrogen) atoms. The zero-order chi connectivity index (χ0) is 11.5. The highest BCUT2D eigenvalue weighted by molar-refractivity contribution is 6.31. The molecule has 0 aliphatic rings. The van der Waals surface area contributed by atoms with E-state index in [2.05, 4.69) is 44.2 Å². The lowest BCUT2D eigenvalue weighted by molar-refractivity contribution is 1.14. The van der Waals surface area contributed by atoms with Crippen molar-refractivity contribution in [3.05, 3.63) is 58.6 Å². The third-order valence-corrected chi connectivity index (χ3v) is 2.97. The Bertz CT molecular complexity index is 483. The van der Waals surface area contributed by atoms with Crippen LogP contribution in [-0.2, 0) is 6.42 Å². The van der Waals surface area contributed by atoms with Crippen molar-refractivity contribution in [2.45, 2.75) is 20.3 Å². The minimum absolute atomic E-state index is 0.815. The first-order valence-corrected chi connectivity index (χ1v) is 5.93. The van der Waals surface area contributed by atoms with Gasteiger partial charge < -0.3 is 0 Å². The van der Waals surface area contributed by atoms with Crippen LogP contribution in [0.15, 0.2) is 42.5 Å². The SMILES string of the molecule is CCc1cc(Cl)cc(-c2ccc(C)cc2)c1. The van der Waals surface area contributed by atoms with Crippen molar-refractivity contribution in [1.29, 1.82) is 0 Å². The Balaban J connectivity index is 2.47. The van der Waals surface area contributed by atoms with E-state index >= 15 is 0 Å². The topological polar surface area (TPSA) is 0 Å². The van der Waals surface area contributed by atoms with Crippen LogP contribution in [0.5, 0.6) is 0 Å². The average molecular weight is 231 g/mol. The molecule has 0 amide bonds. The molecule has 0 radical (unpaired) electrons. The molecular weight excluding hydrogens is 216 g/mol. The standard InChI is InChI=1S/C15H15Cl/c1-3-12-8-14(10-15(16)9-12)13-6-4-11(2)5-7-13/h4-10H,3H2,1-2H3. The number of hydrogen-bond acceptors (Lipinski definition) is 0. The molecule has 0 saturated carbocycles. The van der Waals surface area contributed by atoms with Gasteiger partial charge in [0, 0.05) is 5.02 Å². The Morgan fingerprint density at radius 2 is 1.62 bits per heavy atom. The molecule has 0 aromatic heterocycles. The van der Waals surface area contributed by atoms with Crippen molar-refractivity contribution in [2.75, 3.05) is 0 Å². The molecule has 0 atom stereocenters. The van der Waals surface area contributed by atoms with Gasteiger partial charge >= 0.3 is 0 Å². The summed E-state index contributed by atoms with van der Waals surface area (Å²) >= 11 is 6.11. The van der Waals surface area contributed by atoms with Gasteiger partial charge in [-0.2, -0.15) is 0 Å². The maximum absolute atomic E-state index is 6.11. The van der Waals surface area contributed by atoms with Gasteiger partial charge in [-0.3, -0.25) is 0 Å². The first kappa shape index (κ1) is 11.2. The minimum atomic E-state index is 0.815. The summed E-state index contributed by atoms with van der Waals surface area (Å²) in [7, 11) is 0. The van der Waals surface area contributed by atoms with E-state index in [1.54, 1.807) is 0 Å². The van der Waals surface area contributed by atoms with Crippen LogP contribution in [0.2, 0.25) is 5.02 Å². The maximum atomic E-state index is 6.11. The van der Waals surface area contributed by atoms with Crippen LogP contribution >= 0.6 is 11.6 Å². The summed E-state index contributed by atoms with van der Waals surface area (Å²) in [6.45, 7) is 4.24. The molecule has 0 fully saturated rings. The lowest BCUT2D eigenvalue weighted by Gasteiger charge is -2.06. The summed E-state index contributed by atoms with van der Waals surface area (Å²) in [5, 5.41) is 0.815. The third kappa shape index (κ3) is 2.45. The number of benzene rings is 2. The summed E-state index contributed by atoms with van der Waals surface area (Å²) in [4.78, 5) is 0. The van der Waals surface area contributed by atoms with Crippen LogP contribution in [-0.4, -0.2) is 0 Å². The fourth-order valence-electron chi connectivity index (χ4n) is 1.77. The van der Waals surface area contributed by atoms with Crippen molar-refractivity contribution in [2.24, 2.45) is 0 Å². The highest BCUT2D eigenvalue weighted by atomic mass is 35.5. The first-order chi connectivity index (χ1) is 7.69. The van der Waals surface area contributed by atoms with E-state index in [-0.39, 0.29) is 0 Å². The Hall–Kier alpha value is -1.27. The number of hydrogen-bond donors (Lipinski definition) is 0. The quantitative estimate of drug-likeness (QED) is 0.690. The van der Waals surface area contributed by atoms with E-state index in [0.717, 1.165) is 11.4 Å². The molecule has 1 heteroatoms. The molecule has 82 valence electrons. The number of rotatable bonds is 2. The third-order valence-electron chi connectivity index (χ3n) is 2.75. The average Bonchev–Trinajstić information content (AvgIpc) is 2.29. The van der Waals surface area contributed by atoms with Crippen LogP contribution in [0.4, 0.5) is 0 Å². The van der Waals surface area contributed by atoms with Gasteiger partial charge in [0.1, 0.15) is 0 Å². The van der Waals surface area contributed by atoms with Gasteiger partial charge in [-0.05, 0) is 42.2 Å². The maximum Gasteiger partial charge on any atom is 0.0414 e. The number of aryl methyl sites for hydroxylation is 2. The van der Waals surface area contributed by atoms with Crippen LogP contribution in [0.25, 0.3) is 11.1 Å². The fraction of sp³-hybridized carbons (Fsp3) is 0.200. The molecule has 2 rings (SSSR count). The van der Waals surface area contributed by atoms with Crippen molar-refractivity contribution in [3.63, 3.8) is 0 Å². The van der Waals surface area contributed by atoms with Crippen molar-refractivity contribution in [3.8, 4) is 11.1 Å². The Morgan fingerprint density at radius 3 is 2.25 bits per heavy atom. The Labute approximate surface area is 102 Å². The predicted molar refractivity (Wildman–Crippen MR) is 71.0 cm³/mol. The smallest absolute Gasteiger partial charge is 0.0414 e. The molecule has 0 aliphatic heterocycles. The lowest BCUT2D eigenvalue weighted by atomic mass is 10.0. The molecule has 0 bridgehead atoms. The van der Waals surface area contributed by atoms with E-state index in [4.69, 9.17) is 11.6 Å². The van der Waals surface area contributed by atoms with Gasteiger partial charge in [0.2, 0.25) is 0 Å². The Morgan fingerprint density at radius 1 is 0.938 bits per heavy atom. The molecule has 0 heterocycles. The second kappa shape index (κ2) is 4.71. The van der Waals surface area contributed by atoms with E-state index in [0.29, 0.717) is 0 Å². The zero-order valence-electron chi connectivity index (χ0n) is 9.63. The zero-order valence-corrected chi connectivity index (χ0v) is 10.4. The lowest BCUT2D eigenvalue weighted by Crippen LogP contribution is -1.84. The molecule has 0 spiro atoms. The highest BCUT2D eigenvalue weighted by Gasteiger charge is 2.01. The summed E-state index contributed by atoms with van der Waals surface area (Å²) in [6, 6.07) is 14.8. The summed E-state index contributed by atoms with van der Waals surface area (Å²) in [5.74, 6) is 0. The van der Waals surface area contributed by atoms with E-state index in [9.17, 15) is 0 Å². The number of halogens is 1. The minimum Gasteiger partial charge on any atom is -0.0843 e. The van der Waals surface area contributed by atoms with Gasteiger partial charge in [-0.1, -0.05) is 54.4 Å². The first-order valence-electron chi connectivity index (χ1n) is 5.55. The van der Waals surface area contributed by atoms with Crippen LogP contribution in [0.1, 0.15) is 18.1 Å². The van der Waals surface area contributed by atoms with Crippen LogP contribution in [0.3, 0.4) is 0 Å². The van der Waals surface area contributed by atoms with Gasteiger partial charge in [-0.25, -0.2) is 0 Å². The molecule has 2 aromatic rings. The van der Waals surface area contributed by atoms with Crippen LogP contribution in [0, 0.1) is 6.92 Å². The molecule has 0 nitrogen and oxygen atoms in total. The van der Waals surface area contributed by atoms with Gasteiger partial charge in [-0.15, -0.1) is 0 Å². The molecule has 0 unspecified atom stereocenters. The Kier molecular flexibility index (Phi) is 3.31. The molecular formula is C15H15Cl. The predicted octanol–water partition coefficient (Wildman–Crippen LogP) is 4.88. The summed E-state index contributed by atoms with van der Waals surface area (Å²) in [5.41, 5.74) is 4.98. The van der Waals surface area contributed by atoms with Gasteiger partial charge in [0.25, 0.3) is 0 Å². The summed E-state index contributed by atoms with van der Waals surface area (Å²) in [6.07, 6.45) is 1.01. The van der Waals surface area contributed by atoms with Crippen molar-refractivity contribution < 1.29 is 0 Å². The van der Waals surface area contributed by atoms with Crippen molar-refractivity contribution >= 4 is 11.6 Å². The van der Waals surface area contributed by atoms with E-state index in [1.165, 1.54) is 22.3 Å². The second-order valence-corrected chi connectivity index (χ2v) is 4.50. The largest absolute Gasteiger partial charge is 0.0843 e.